The molecule has 0 amide bonds. The van der Waals surface area contributed by atoms with E-state index in [0.29, 0.717) is 36.1 Å². The second-order valence-corrected chi connectivity index (χ2v) is 4.51. The Morgan fingerprint density at radius 3 is 2.72 bits per heavy atom. The molecule has 0 aliphatic heterocycles. The fourth-order valence-corrected chi connectivity index (χ4v) is 1.45. The third-order valence-corrected chi connectivity index (χ3v) is 2.45. The number of carbonyl (C=O) groups excluding carboxylic acids is 1. The summed E-state index contributed by atoms with van der Waals surface area (Å²) in [7, 11) is 0. The lowest BCUT2D eigenvalue weighted by Gasteiger charge is -2.12. The van der Waals surface area contributed by atoms with Crippen LogP contribution in [0.3, 0.4) is 0 Å². The Hall–Kier alpha value is -1.71. The van der Waals surface area contributed by atoms with Gasteiger partial charge >= 0.3 is 5.97 Å². The number of anilines is 1. The molecule has 1 aromatic rings. The normalized spacial score (nSPS) is 10.4. The van der Waals surface area contributed by atoms with Crippen LogP contribution in [0.4, 0.5) is 5.69 Å². The van der Waals surface area contributed by atoms with Crippen LogP contribution in [0.5, 0.6) is 5.75 Å². The predicted molar refractivity (Wildman–Crippen MR) is 71.8 cm³/mol. The van der Waals surface area contributed by atoms with Gasteiger partial charge in [0.25, 0.3) is 0 Å². The molecule has 0 radical (unpaired) electrons. The molecule has 0 fully saturated rings. The highest BCUT2D eigenvalue weighted by molar-refractivity contribution is 5.93. The summed E-state index contributed by atoms with van der Waals surface area (Å²) < 4.78 is 10.6. The van der Waals surface area contributed by atoms with Gasteiger partial charge in [0.2, 0.25) is 0 Å². The molecule has 0 bridgehead atoms. The minimum atomic E-state index is -0.399. The predicted octanol–water partition coefficient (Wildman–Crippen LogP) is 2.87. The summed E-state index contributed by atoms with van der Waals surface area (Å²) in [5, 5.41) is 0. The molecule has 2 N–H and O–H groups in total. The first-order valence-corrected chi connectivity index (χ1v) is 6.24. The van der Waals surface area contributed by atoms with Crippen LogP contribution in [0.25, 0.3) is 0 Å². The highest BCUT2D eigenvalue weighted by Crippen LogP contribution is 2.23. The molecular weight excluding hydrogens is 230 g/mol. The number of esters is 1. The summed E-state index contributed by atoms with van der Waals surface area (Å²) >= 11 is 0. The zero-order valence-electron chi connectivity index (χ0n) is 11.2. The number of ether oxygens (including phenoxy) is 2. The Morgan fingerprint density at radius 1 is 1.39 bits per heavy atom. The van der Waals surface area contributed by atoms with E-state index in [1.807, 2.05) is 0 Å². The van der Waals surface area contributed by atoms with Crippen molar-refractivity contribution in [2.45, 2.75) is 27.2 Å². The van der Waals surface area contributed by atoms with Crippen molar-refractivity contribution < 1.29 is 14.3 Å². The first-order valence-electron chi connectivity index (χ1n) is 6.24. The summed E-state index contributed by atoms with van der Waals surface area (Å²) in [5.41, 5.74) is 6.59. The van der Waals surface area contributed by atoms with E-state index >= 15 is 0 Å². The largest absolute Gasteiger partial charge is 0.493 e. The van der Waals surface area contributed by atoms with Gasteiger partial charge in [-0.1, -0.05) is 13.8 Å². The zero-order valence-corrected chi connectivity index (χ0v) is 11.2. The smallest absolute Gasteiger partial charge is 0.341 e. The maximum Gasteiger partial charge on any atom is 0.341 e. The fraction of sp³-hybridized carbons (Fsp3) is 0.500. The molecule has 0 aliphatic rings. The number of benzene rings is 1. The topological polar surface area (TPSA) is 61.5 Å². The lowest BCUT2D eigenvalue weighted by atomic mass is 10.1. The quantitative estimate of drug-likeness (QED) is 0.623. The van der Waals surface area contributed by atoms with Gasteiger partial charge in [-0.25, -0.2) is 4.79 Å². The molecule has 1 rings (SSSR count). The van der Waals surface area contributed by atoms with Crippen molar-refractivity contribution >= 4 is 11.7 Å². The first-order chi connectivity index (χ1) is 8.54. The van der Waals surface area contributed by atoms with Crippen molar-refractivity contribution in [3.63, 3.8) is 0 Å². The molecule has 4 heteroatoms. The number of nitrogens with two attached hydrogens (primary N) is 1. The average molecular weight is 251 g/mol. The molecule has 0 atom stereocenters. The molecule has 0 saturated carbocycles. The minimum absolute atomic E-state index is 0.332. The standard InChI is InChI=1S/C14H21NO3/c1-4-17-14(16)12-9-11(15)5-6-13(12)18-8-7-10(2)3/h5-6,9-10H,4,7-8,15H2,1-3H3. The van der Waals surface area contributed by atoms with Gasteiger partial charge < -0.3 is 15.2 Å². The van der Waals surface area contributed by atoms with Crippen molar-refractivity contribution in [1.29, 1.82) is 0 Å². The van der Waals surface area contributed by atoms with Crippen molar-refractivity contribution in [2.75, 3.05) is 18.9 Å². The van der Waals surface area contributed by atoms with Gasteiger partial charge in [-0.05, 0) is 37.5 Å². The van der Waals surface area contributed by atoms with Crippen LogP contribution in [-0.2, 0) is 4.74 Å². The molecule has 0 unspecified atom stereocenters. The number of rotatable bonds is 6. The van der Waals surface area contributed by atoms with Crippen LogP contribution in [0.1, 0.15) is 37.6 Å². The Morgan fingerprint density at radius 2 is 2.11 bits per heavy atom. The van der Waals surface area contributed by atoms with Crippen molar-refractivity contribution in [2.24, 2.45) is 5.92 Å². The second kappa shape index (κ2) is 6.89. The van der Waals surface area contributed by atoms with Crippen molar-refractivity contribution in [3.05, 3.63) is 23.8 Å². The van der Waals surface area contributed by atoms with E-state index < -0.39 is 5.97 Å². The lowest BCUT2D eigenvalue weighted by molar-refractivity contribution is 0.0521. The lowest BCUT2D eigenvalue weighted by Crippen LogP contribution is -2.10. The van der Waals surface area contributed by atoms with Gasteiger partial charge in [-0.2, -0.15) is 0 Å². The summed E-state index contributed by atoms with van der Waals surface area (Å²) in [6, 6.07) is 5.01. The second-order valence-electron chi connectivity index (χ2n) is 4.51. The van der Waals surface area contributed by atoms with Gasteiger partial charge in [-0.3, -0.25) is 0 Å². The molecule has 18 heavy (non-hydrogen) atoms. The Bertz CT molecular complexity index is 402. The van der Waals surface area contributed by atoms with Gasteiger partial charge in [0.1, 0.15) is 11.3 Å². The molecule has 0 heterocycles. The maximum atomic E-state index is 11.8. The van der Waals surface area contributed by atoms with Crippen LogP contribution in [0, 0.1) is 5.92 Å². The van der Waals surface area contributed by atoms with E-state index in [0.717, 1.165) is 6.42 Å². The highest BCUT2D eigenvalue weighted by atomic mass is 16.5. The molecule has 1 aromatic carbocycles. The van der Waals surface area contributed by atoms with E-state index in [9.17, 15) is 4.79 Å². The van der Waals surface area contributed by atoms with Crippen LogP contribution in [-0.4, -0.2) is 19.2 Å². The molecule has 0 spiro atoms. The van der Waals surface area contributed by atoms with E-state index in [4.69, 9.17) is 15.2 Å². The summed E-state index contributed by atoms with van der Waals surface area (Å²) in [5.74, 6) is 0.692. The molecule has 0 aromatic heterocycles. The Kier molecular flexibility index (Phi) is 5.49. The molecule has 100 valence electrons. The van der Waals surface area contributed by atoms with E-state index in [2.05, 4.69) is 13.8 Å². The van der Waals surface area contributed by atoms with E-state index in [-0.39, 0.29) is 0 Å². The molecule has 0 saturated heterocycles. The van der Waals surface area contributed by atoms with Gasteiger partial charge in [-0.15, -0.1) is 0 Å². The van der Waals surface area contributed by atoms with Gasteiger partial charge in [0.15, 0.2) is 0 Å². The van der Waals surface area contributed by atoms with Crippen LogP contribution in [0.2, 0.25) is 0 Å². The average Bonchev–Trinajstić information content (AvgIpc) is 2.31. The Balaban J connectivity index is 2.79. The van der Waals surface area contributed by atoms with Crippen LogP contribution >= 0.6 is 0 Å². The third-order valence-electron chi connectivity index (χ3n) is 2.45. The van der Waals surface area contributed by atoms with E-state index in [1.165, 1.54) is 0 Å². The number of nitrogen functional groups attached to an aromatic ring is 1. The maximum absolute atomic E-state index is 11.8. The fourth-order valence-electron chi connectivity index (χ4n) is 1.45. The summed E-state index contributed by atoms with van der Waals surface area (Å²) in [6.07, 6.45) is 0.937. The number of hydrogen-bond donors (Lipinski definition) is 1. The third kappa shape index (κ3) is 4.28. The van der Waals surface area contributed by atoms with Crippen LogP contribution in [0.15, 0.2) is 18.2 Å². The van der Waals surface area contributed by atoms with Crippen molar-refractivity contribution in [1.82, 2.24) is 0 Å². The minimum Gasteiger partial charge on any atom is -0.493 e. The van der Waals surface area contributed by atoms with E-state index in [1.54, 1.807) is 25.1 Å². The highest BCUT2D eigenvalue weighted by Gasteiger charge is 2.14. The summed E-state index contributed by atoms with van der Waals surface area (Å²) in [4.78, 5) is 11.8. The Labute approximate surface area is 108 Å². The SMILES string of the molecule is CCOC(=O)c1cc(N)ccc1OCCC(C)C. The molecule has 0 aliphatic carbocycles. The van der Waals surface area contributed by atoms with Crippen molar-refractivity contribution in [3.8, 4) is 5.75 Å². The molecule has 4 nitrogen and oxygen atoms in total. The monoisotopic (exact) mass is 251 g/mol. The number of hydrogen-bond acceptors (Lipinski definition) is 4. The summed E-state index contributed by atoms with van der Waals surface area (Å²) in [6.45, 7) is 6.92. The molecular formula is C14H21NO3. The first kappa shape index (κ1) is 14.4. The van der Waals surface area contributed by atoms with Crippen LogP contribution < -0.4 is 10.5 Å². The van der Waals surface area contributed by atoms with Gasteiger partial charge in [0.05, 0.1) is 13.2 Å². The zero-order chi connectivity index (χ0) is 13.5. The number of carbonyl (C=O) groups is 1. The van der Waals surface area contributed by atoms with Gasteiger partial charge in [0, 0.05) is 5.69 Å².